The normalized spacial score (nSPS) is 15.6. The van der Waals surface area contributed by atoms with E-state index in [1.165, 1.54) is 0 Å². The van der Waals surface area contributed by atoms with Gasteiger partial charge in [0.1, 0.15) is 0 Å². The van der Waals surface area contributed by atoms with Gasteiger partial charge in [0.05, 0.1) is 6.10 Å². The number of hydrogen-bond donors (Lipinski definition) is 2. The highest BCUT2D eigenvalue weighted by Gasteiger charge is 2.16. The van der Waals surface area contributed by atoms with Crippen molar-refractivity contribution in [3.63, 3.8) is 0 Å². The van der Waals surface area contributed by atoms with Gasteiger partial charge in [0.2, 0.25) is 0 Å². The summed E-state index contributed by atoms with van der Waals surface area (Å²) >= 11 is 0. The lowest BCUT2D eigenvalue weighted by Gasteiger charge is -2.09. The molecule has 0 unspecified atom stereocenters. The summed E-state index contributed by atoms with van der Waals surface area (Å²) in [4.78, 5) is 16.4. The zero-order valence-corrected chi connectivity index (χ0v) is 6.34. The summed E-state index contributed by atoms with van der Waals surface area (Å²) in [6, 6.07) is 0. The van der Waals surface area contributed by atoms with Gasteiger partial charge in [-0.3, -0.25) is 4.52 Å². The molecule has 56 valence electrons. The van der Waals surface area contributed by atoms with Crippen LogP contribution in [0.2, 0.25) is 0 Å². The van der Waals surface area contributed by atoms with E-state index in [0.717, 1.165) is 0 Å². The zero-order chi connectivity index (χ0) is 7.49. The molecule has 0 aromatic heterocycles. The van der Waals surface area contributed by atoms with Crippen LogP contribution in [0.15, 0.2) is 0 Å². The fourth-order valence-corrected chi connectivity index (χ4v) is 0.927. The molecule has 5 heteroatoms. The van der Waals surface area contributed by atoms with Gasteiger partial charge in [0, 0.05) is 0 Å². The summed E-state index contributed by atoms with van der Waals surface area (Å²) in [5.41, 5.74) is 0. The Morgan fingerprint density at radius 3 is 2.22 bits per heavy atom. The van der Waals surface area contributed by atoms with Gasteiger partial charge in [-0.25, -0.2) is 4.57 Å². The zero-order valence-electron chi connectivity index (χ0n) is 5.44. The molecule has 0 heterocycles. The van der Waals surface area contributed by atoms with Crippen LogP contribution in [0.3, 0.4) is 0 Å². The Hall–Kier alpha value is 0.110. The Morgan fingerprint density at radius 1 is 1.67 bits per heavy atom. The van der Waals surface area contributed by atoms with E-state index in [4.69, 9.17) is 9.79 Å². The Bertz CT molecular complexity index is 118. The first-order chi connectivity index (χ1) is 3.95. The van der Waals surface area contributed by atoms with Crippen LogP contribution in [-0.4, -0.2) is 15.9 Å². The molecule has 2 N–H and O–H groups in total. The molecule has 4 nitrogen and oxygen atoms in total. The van der Waals surface area contributed by atoms with E-state index in [1.54, 1.807) is 13.8 Å². The Labute approximate surface area is 54.1 Å². The van der Waals surface area contributed by atoms with Crippen LogP contribution in [-0.2, 0) is 9.09 Å². The van der Waals surface area contributed by atoms with E-state index in [2.05, 4.69) is 4.52 Å². The van der Waals surface area contributed by atoms with E-state index in [-0.39, 0.29) is 6.10 Å². The van der Waals surface area contributed by atoms with Gasteiger partial charge in [-0.05, 0) is 13.3 Å². The van der Waals surface area contributed by atoms with Crippen LogP contribution in [0.1, 0.15) is 20.3 Å². The quantitative estimate of drug-likeness (QED) is 0.592. The Morgan fingerprint density at radius 2 is 2.11 bits per heavy atom. The molecular formula is C4H11O4P. The van der Waals surface area contributed by atoms with Crippen LogP contribution in [0.25, 0.3) is 0 Å². The molecule has 0 saturated carbocycles. The Balaban J connectivity index is 3.60. The Kier molecular flexibility index (Phi) is 3.36. The highest BCUT2D eigenvalue weighted by Crippen LogP contribution is 2.37. The molecule has 0 aliphatic carbocycles. The topological polar surface area (TPSA) is 66.8 Å². The van der Waals surface area contributed by atoms with E-state index in [1.807, 2.05) is 0 Å². The van der Waals surface area contributed by atoms with E-state index in [9.17, 15) is 4.57 Å². The summed E-state index contributed by atoms with van der Waals surface area (Å²) in [6.45, 7) is 3.40. The third-order valence-corrected chi connectivity index (χ3v) is 1.53. The third kappa shape index (κ3) is 5.99. The van der Waals surface area contributed by atoms with E-state index < -0.39 is 7.82 Å². The summed E-state index contributed by atoms with van der Waals surface area (Å²) in [7, 11) is -4.24. The van der Waals surface area contributed by atoms with Gasteiger partial charge in [0.25, 0.3) is 0 Å². The van der Waals surface area contributed by atoms with Crippen molar-refractivity contribution in [3.05, 3.63) is 0 Å². The predicted molar refractivity (Wildman–Crippen MR) is 32.9 cm³/mol. The summed E-state index contributed by atoms with van der Waals surface area (Å²) < 4.78 is 14.3. The third-order valence-electron chi connectivity index (χ3n) is 0.892. The van der Waals surface area contributed by atoms with Gasteiger partial charge >= 0.3 is 7.82 Å². The lowest BCUT2D eigenvalue weighted by molar-refractivity contribution is 0.142. The minimum Gasteiger partial charge on any atom is -0.303 e. The highest BCUT2D eigenvalue weighted by molar-refractivity contribution is 7.46. The molecule has 0 spiro atoms. The molecule has 0 aromatic rings. The average Bonchev–Trinajstić information content (AvgIpc) is 1.62. The van der Waals surface area contributed by atoms with E-state index >= 15 is 0 Å². The minimum absolute atomic E-state index is 0.370. The molecule has 0 saturated heterocycles. The van der Waals surface area contributed by atoms with Crippen LogP contribution < -0.4 is 0 Å². The monoisotopic (exact) mass is 154 g/mol. The van der Waals surface area contributed by atoms with Crippen LogP contribution in [0, 0.1) is 0 Å². The number of phosphoric acid groups is 1. The molecule has 9 heavy (non-hydrogen) atoms. The van der Waals surface area contributed by atoms with Gasteiger partial charge in [0.15, 0.2) is 0 Å². The summed E-state index contributed by atoms with van der Waals surface area (Å²) in [5, 5.41) is 0. The second-order valence-electron chi connectivity index (χ2n) is 1.81. The van der Waals surface area contributed by atoms with Crippen molar-refractivity contribution in [1.29, 1.82) is 0 Å². The van der Waals surface area contributed by atoms with Crippen molar-refractivity contribution in [2.45, 2.75) is 26.4 Å². The van der Waals surface area contributed by atoms with Crippen LogP contribution in [0.4, 0.5) is 0 Å². The average molecular weight is 154 g/mol. The second kappa shape index (κ2) is 3.32. The maximum atomic E-state index is 10.1. The highest BCUT2D eigenvalue weighted by atomic mass is 31.2. The lowest BCUT2D eigenvalue weighted by Crippen LogP contribution is -2.03. The smallest absolute Gasteiger partial charge is 0.303 e. The largest absolute Gasteiger partial charge is 0.469 e. The molecule has 0 aliphatic heterocycles. The van der Waals surface area contributed by atoms with Gasteiger partial charge in [-0.1, -0.05) is 6.92 Å². The van der Waals surface area contributed by atoms with Gasteiger partial charge < -0.3 is 9.79 Å². The van der Waals surface area contributed by atoms with Crippen molar-refractivity contribution in [3.8, 4) is 0 Å². The molecule has 1 atom stereocenters. The molecular weight excluding hydrogens is 143 g/mol. The molecule has 0 fully saturated rings. The summed E-state index contributed by atoms with van der Waals surface area (Å²) in [5.74, 6) is 0. The maximum absolute atomic E-state index is 10.1. The first-order valence-electron chi connectivity index (χ1n) is 2.69. The van der Waals surface area contributed by atoms with Crippen molar-refractivity contribution in [2.75, 3.05) is 0 Å². The maximum Gasteiger partial charge on any atom is 0.469 e. The second-order valence-corrected chi connectivity index (χ2v) is 3.01. The number of hydrogen-bond acceptors (Lipinski definition) is 2. The first-order valence-corrected chi connectivity index (χ1v) is 4.22. The van der Waals surface area contributed by atoms with Crippen molar-refractivity contribution >= 4 is 7.82 Å². The number of rotatable bonds is 3. The molecule has 0 bridgehead atoms. The lowest BCUT2D eigenvalue weighted by atomic mass is 10.3. The van der Waals surface area contributed by atoms with Crippen molar-refractivity contribution in [1.82, 2.24) is 0 Å². The van der Waals surface area contributed by atoms with Crippen molar-refractivity contribution < 1.29 is 18.9 Å². The predicted octanol–water partition coefficient (Wildman–Crippen LogP) is 0.894. The molecule has 0 aromatic carbocycles. The molecule has 0 radical (unpaired) electrons. The van der Waals surface area contributed by atoms with Crippen LogP contribution >= 0.6 is 7.82 Å². The molecule has 0 amide bonds. The standard InChI is InChI=1S/C4H11O4P/c1-3-4(2)8-9(5,6)7/h4H,3H2,1-2H3,(H2,5,6,7)/t4-/m0/s1. The summed E-state index contributed by atoms with van der Waals surface area (Å²) in [6.07, 6.45) is 0.233. The molecule has 0 rings (SSSR count). The fourth-order valence-electron chi connectivity index (χ4n) is 0.309. The SMILES string of the molecule is CC[C@H](C)OP(=O)(O)O. The number of phosphoric ester groups is 1. The van der Waals surface area contributed by atoms with E-state index in [0.29, 0.717) is 6.42 Å². The fraction of sp³-hybridized carbons (Fsp3) is 1.00. The molecule has 0 aliphatic rings. The van der Waals surface area contributed by atoms with Gasteiger partial charge in [-0.15, -0.1) is 0 Å². The van der Waals surface area contributed by atoms with Crippen molar-refractivity contribution in [2.24, 2.45) is 0 Å². The van der Waals surface area contributed by atoms with Crippen LogP contribution in [0.5, 0.6) is 0 Å². The first kappa shape index (κ1) is 9.11. The minimum atomic E-state index is -4.24. The van der Waals surface area contributed by atoms with Gasteiger partial charge in [-0.2, -0.15) is 0 Å².